The van der Waals surface area contributed by atoms with Crippen LogP contribution in [0.1, 0.15) is 32.4 Å². The maximum absolute atomic E-state index is 10.8. The molecule has 0 aliphatic rings. The van der Waals surface area contributed by atoms with Crippen LogP contribution in [0.3, 0.4) is 0 Å². The molecule has 5 heteroatoms. The maximum atomic E-state index is 10.8. The first-order valence-corrected chi connectivity index (χ1v) is 5.14. The zero-order chi connectivity index (χ0) is 12.1. The van der Waals surface area contributed by atoms with Crippen LogP contribution in [0.2, 0.25) is 0 Å². The largest absolute Gasteiger partial charge is 0.389 e. The third kappa shape index (κ3) is 2.47. The maximum Gasteiger partial charge on any atom is 0.150 e. The Morgan fingerprint density at radius 3 is 2.06 bits per heavy atom. The Labute approximate surface area is 97.5 Å². The van der Waals surface area contributed by atoms with Crippen LogP contribution in [0, 0.1) is 0 Å². The van der Waals surface area contributed by atoms with Crippen molar-refractivity contribution in [1.82, 2.24) is 0 Å². The monoisotopic (exact) mass is 242 g/mol. The summed E-state index contributed by atoms with van der Waals surface area (Å²) in [5.41, 5.74) is 0.447. The third-order valence-electron chi connectivity index (χ3n) is 2.25. The van der Waals surface area contributed by atoms with Crippen molar-refractivity contribution in [3.8, 4) is 0 Å². The molecule has 0 amide bonds. The molecular formula is C11H11ClO4. The van der Waals surface area contributed by atoms with Gasteiger partial charge in [0.25, 0.3) is 0 Å². The second kappa shape index (κ2) is 5.75. The summed E-state index contributed by atoms with van der Waals surface area (Å²) in [6, 6.07) is 4.44. The second-order valence-electron chi connectivity index (χ2n) is 3.25. The SMILES string of the molecule is O=Cc1cccc(C=O)c1C(O)C(O)CCl. The second-order valence-corrected chi connectivity index (χ2v) is 3.56. The predicted molar refractivity (Wildman–Crippen MR) is 58.9 cm³/mol. The normalized spacial score (nSPS) is 14.2. The van der Waals surface area contributed by atoms with E-state index in [1.807, 2.05) is 0 Å². The smallest absolute Gasteiger partial charge is 0.150 e. The van der Waals surface area contributed by atoms with Gasteiger partial charge in [-0.25, -0.2) is 0 Å². The molecule has 0 spiro atoms. The number of hydrogen-bond acceptors (Lipinski definition) is 4. The van der Waals surface area contributed by atoms with Gasteiger partial charge in [-0.2, -0.15) is 0 Å². The molecule has 0 aliphatic carbocycles. The highest BCUT2D eigenvalue weighted by Gasteiger charge is 2.22. The lowest BCUT2D eigenvalue weighted by Gasteiger charge is -2.18. The fraction of sp³-hybridized carbons (Fsp3) is 0.273. The van der Waals surface area contributed by atoms with E-state index in [0.29, 0.717) is 12.6 Å². The van der Waals surface area contributed by atoms with E-state index < -0.39 is 12.2 Å². The summed E-state index contributed by atoms with van der Waals surface area (Å²) in [6.45, 7) is 0. The first-order chi connectivity index (χ1) is 7.65. The summed E-state index contributed by atoms with van der Waals surface area (Å²) in [4.78, 5) is 21.5. The van der Waals surface area contributed by atoms with Crippen molar-refractivity contribution in [1.29, 1.82) is 0 Å². The van der Waals surface area contributed by atoms with Crippen molar-refractivity contribution in [2.75, 3.05) is 5.88 Å². The van der Waals surface area contributed by atoms with Gasteiger partial charge in [-0.3, -0.25) is 9.59 Å². The van der Waals surface area contributed by atoms with Crippen molar-refractivity contribution in [2.24, 2.45) is 0 Å². The summed E-state index contributed by atoms with van der Waals surface area (Å²) < 4.78 is 0. The van der Waals surface area contributed by atoms with Crippen LogP contribution >= 0.6 is 11.6 Å². The van der Waals surface area contributed by atoms with Crippen molar-refractivity contribution >= 4 is 24.2 Å². The Kier molecular flexibility index (Phi) is 4.61. The lowest BCUT2D eigenvalue weighted by Crippen LogP contribution is -2.22. The van der Waals surface area contributed by atoms with Gasteiger partial charge in [0.1, 0.15) is 18.7 Å². The molecule has 0 fully saturated rings. The molecule has 1 rings (SSSR count). The molecule has 2 atom stereocenters. The van der Waals surface area contributed by atoms with Gasteiger partial charge in [0.15, 0.2) is 0 Å². The first kappa shape index (κ1) is 12.8. The number of aldehydes is 2. The van der Waals surface area contributed by atoms with Crippen LogP contribution in [-0.4, -0.2) is 34.8 Å². The molecule has 2 N–H and O–H groups in total. The van der Waals surface area contributed by atoms with Crippen LogP contribution < -0.4 is 0 Å². The lowest BCUT2D eigenvalue weighted by atomic mass is 9.95. The molecule has 4 nitrogen and oxygen atoms in total. The van der Waals surface area contributed by atoms with Gasteiger partial charge in [-0.05, 0) is 0 Å². The molecule has 1 aromatic rings. The van der Waals surface area contributed by atoms with E-state index in [1.165, 1.54) is 18.2 Å². The van der Waals surface area contributed by atoms with E-state index in [0.717, 1.165) is 0 Å². The van der Waals surface area contributed by atoms with Crippen LogP contribution in [0.25, 0.3) is 0 Å². The van der Waals surface area contributed by atoms with E-state index in [4.69, 9.17) is 11.6 Å². The topological polar surface area (TPSA) is 74.6 Å². The average molecular weight is 243 g/mol. The van der Waals surface area contributed by atoms with Crippen molar-refractivity contribution in [3.63, 3.8) is 0 Å². The average Bonchev–Trinajstić information content (AvgIpc) is 2.35. The molecule has 0 aromatic heterocycles. The summed E-state index contributed by atoms with van der Waals surface area (Å²) in [7, 11) is 0. The van der Waals surface area contributed by atoms with Gasteiger partial charge in [0.2, 0.25) is 0 Å². The number of benzene rings is 1. The minimum Gasteiger partial charge on any atom is -0.389 e. The Morgan fingerprint density at radius 2 is 1.69 bits per heavy atom. The molecular weight excluding hydrogens is 232 g/mol. The molecule has 0 radical (unpaired) electrons. The molecule has 16 heavy (non-hydrogen) atoms. The fourth-order valence-electron chi connectivity index (χ4n) is 1.43. The van der Waals surface area contributed by atoms with Crippen molar-refractivity contribution in [3.05, 3.63) is 34.9 Å². The van der Waals surface area contributed by atoms with Crippen molar-refractivity contribution in [2.45, 2.75) is 12.2 Å². The molecule has 0 bridgehead atoms. The van der Waals surface area contributed by atoms with Crippen LogP contribution in [-0.2, 0) is 0 Å². The Hall–Kier alpha value is -1.23. The molecule has 0 saturated carbocycles. The number of alkyl halides is 1. The van der Waals surface area contributed by atoms with E-state index in [9.17, 15) is 19.8 Å². The minimum atomic E-state index is -1.35. The number of carbonyl (C=O) groups excluding carboxylic acids is 2. The van der Waals surface area contributed by atoms with Crippen molar-refractivity contribution < 1.29 is 19.8 Å². The molecule has 0 heterocycles. The number of aliphatic hydroxyl groups excluding tert-OH is 2. The number of carbonyl (C=O) groups is 2. The van der Waals surface area contributed by atoms with Gasteiger partial charge in [0.05, 0.1) is 12.0 Å². The highest BCUT2D eigenvalue weighted by Crippen LogP contribution is 2.24. The van der Waals surface area contributed by atoms with Crippen LogP contribution in [0.4, 0.5) is 0 Å². The van der Waals surface area contributed by atoms with Crippen LogP contribution in [0.15, 0.2) is 18.2 Å². The Morgan fingerprint density at radius 1 is 1.19 bits per heavy atom. The van der Waals surface area contributed by atoms with E-state index in [-0.39, 0.29) is 22.6 Å². The third-order valence-corrected chi connectivity index (χ3v) is 2.56. The summed E-state index contributed by atoms with van der Waals surface area (Å²) >= 11 is 5.40. The number of halogens is 1. The molecule has 0 saturated heterocycles. The fourth-order valence-corrected chi connectivity index (χ4v) is 1.59. The summed E-state index contributed by atoms with van der Waals surface area (Å²) in [5.74, 6) is -0.188. The predicted octanol–water partition coefficient (Wildman–Crippen LogP) is 0.945. The van der Waals surface area contributed by atoms with E-state index in [2.05, 4.69) is 0 Å². The van der Waals surface area contributed by atoms with Gasteiger partial charge < -0.3 is 10.2 Å². The zero-order valence-electron chi connectivity index (χ0n) is 8.34. The van der Waals surface area contributed by atoms with Crippen LogP contribution in [0.5, 0.6) is 0 Å². The zero-order valence-corrected chi connectivity index (χ0v) is 9.09. The molecule has 0 aliphatic heterocycles. The highest BCUT2D eigenvalue weighted by molar-refractivity contribution is 6.18. The van der Waals surface area contributed by atoms with E-state index >= 15 is 0 Å². The van der Waals surface area contributed by atoms with Gasteiger partial charge in [-0.15, -0.1) is 11.6 Å². The van der Waals surface area contributed by atoms with E-state index in [1.54, 1.807) is 0 Å². The number of hydrogen-bond donors (Lipinski definition) is 2. The first-order valence-electron chi connectivity index (χ1n) is 4.61. The quantitative estimate of drug-likeness (QED) is 0.595. The van der Waals surface area contributed by atoms with Gasteiger partial charge >= 0.3 is 0 Å². The number of aliphatic hydroxyl groups is 2. The standard InChI is InChI=1S/C11H11ClO4/c12-4-9(15)11(16)10-7(5-13)2-1-3-8(10)6-14/h1-3,5-6,9,11,15-16H,4H2. The molecule has 86 valence electrons. The highest BCUT2D eigenvalue weighted by atomic mass is 35.5. The molecule has 1 aromatic carbocycles. The summed E-state index contributed by atoms with van der Waals surface area (Å²) in [5, 5.41) is 19.2. The Balaban J connectivity index is 3.27. The summed E-state index contributed by atoms with van der Waals surface area (Å²) in [6.07, 6.45) is -1.53. The molecule has 2 unspecified atom stereocenters. The van der Waals surface area contributed by atoms with Gasteiger partial charge in [0, 0.05) is 16.7 Å². The minimum absolute atomic E-state index is 0.112. The Bertz CT molecular complexity index is 365. The van der Waals surface area contributed by atoms with Gasteiger partial charge in [-0.1, -0.05) is 18.2 Å². The lowest BCUT2D eigenvalue weighted by molar-refractivity contribution is 0.0319. The number of rotatable bonds is 5.